The fourth-order valence-corrected chi connectivity index (χ4v) is 1.64. The van der Waals surface area contributed by atoms with Crippen LogP contribution in [-0.2, 0) is 4.79 Å². The Morgan fingerprint density at radius 1 is 1.17 bits per heavy atom. The quantitative estimate of drug-likeness (QED) is 0.706. The minimum Gasteiger partial charge on any atom is -0.303 e. The van der Waals surface area contributed by atoms with E-state index in [1.165, 1.54) is 0 Å². The van der Waals surface area contributed by atoms with Gasteiger partial charge in [-0.25, -0.2) is 0 Å². The highest BCUT2D eigenvalue weighted by atomic mass is 35.5. The Labute approximate surface area is 116 Å². The van der Waals surface area contributed by atoms with E-state index in [1.807, 2.05) is 36.4 Å². The van der Waals surface area contributed by atoms with Crippen LogP contribution in [0.1, 0.15) is 25.8 Å². The van der Waals surface area contributed by atoms with Crippen LogP contribution >= 0.6 is 12.4 Å². The van der Waals surface area contributed by atoms with Crippen LogP contribution in [0.25, 0.3) is 6.08 Å². The van der Waals surface area contributed by atoms with Gasteiger partial charge in [0.05, 0.1) is 0 Å². The summed E-state index contributed by atoms with van der Waals surface area (Å²) in [6.07, 6.45) is 4.16. The minimum absolute atomic E-state index is 0. The van der Waals surface area contributed by atoms with Gasteiger partial charge in [0.2, 0.25) is 0 Å². The fraction of sp³-hybridized carbons (Fsp3) is 0.400. The molecule has 2 nitrogen and oxygen atoms in total. The maximum absolute atomic E-state index is 11.6. The lowest BCUT2D eigenvalue weighted by Crippen LogP contribution is -2.25. The predicted octanol–water partition coefficient (Wildman–Crippen LogP) is 3.42. The first-order valence-electron chi connectivity index (χ1n) is 6.24. The van der Waals surface area contributed by atoms with E-state index in [1.54, 1.807) is 6.08 Å². The molecular formula is C15H22ClNO. The molecule has 0 radical (unpaired) electrons. The Balaban J connectivity index is 0.00000289. The van der Waals surface area contributed by atoms with Crippen molar-refractivity contribution in [2.24, 2.45) is 0 Å². The van der Waals surface area contributed by atoms with E-state index in [-0.39, 0.29) is 18.2 Å². The third-order valence-corrected chi connectivity index (χ3v) is 2.83. The number of nitrogens with zero attached hydrogens (tertiary/aromatic N) is 1. The monoisotopic (exact) mass is 267 g/mol. The van der Waals surface area contributed by atoms with Gasteiger partial charge in [-0.15, -0.1) is 12.4 Å². The summed E-state index contributed by atoms with van der Waals surface area (Å²) < 4.78 is 0. The first kappa shape index (κ1) is 16.9. The molecule has 0 heterocycles. The molecule has 1 rings (SSSR count). The third kappa shape index (κ3) is 6.58. The lowest BCUT2D eigenvalue weighted by Gasteiger charge is -2.16. The summed E-state index contributed by atoms with van der Waals surface area (Å²) in [4.78, 5) is 13.9. The Kier molecular flexibility index (Phi) is 9.25. The van der Waals surface area contributed by atoms with E-state index in [2.05, 4.69) is 18.7 Å². The molecule has 0 unspecified atom stereocenters. The molecule has 0 saturated carbocycles. The summed E-state index contributed by atoms with van der Waals surface area (Å²) >= 11 is 0. The second-order valence-electron chi connectivity index (χ2n) is 3.99. The summed E-state index contributed by atoms with van der Waals surface area (Å²) in [5.74, 6) is 0.195. The van der Waals surface area contributed by atoms with Crippen molar-refractivity contribution in [3.8, 4) is 0 Å². The minimum atomic E-state index is 0. The molecule has 0 saturated heterocycles. The fourth-order valence-electron chi connectivity index (χ4n) is 1.64. The van der Waals surface area contributed by atoms with Gasteiger partial charge in [-0.05, 0) is 24.7 Å². The van der Waals surface area contributed by atoms with Crippen molar-refractivity contribution in [1.82, 2.24) is 4.90 Å². The SMILES string of the molecule is CCN(CC)CCC(=O)C=Cc1ccccc1.Cl. The standard InChI is InChI=1S/C15H21NO.ClH/c1-3-16(4-2)13-12-15(17)11-10-14-8-6-5-7-9-14;/h5-11H,3-4,12-13H2,1-2H3;1H. The normalized spacial score (nSPS) is 10.6. The topological polar surface area (TPSA) is 20.3 Å². The van der Waals surface area contributed by atoms with E-state index in [9.17, 15) is 4.79 Å². The van der Waals surface area contributed by atoms with Gasteiger partial charge in [-0.3, -0.25) is 4.79 Å². The smallest absolute Gasteiger partial charge is 0.156 e. The predicted molar refractivity (Wildman–Crippen MR) is 80.1 cm³/mol. The molecule has 0 aromatic heterocycles. The summed E-state index contributed by atoms with van der Waals surface area (Å²) in [7, 11) is 0. The summed E-state index contributed by atoms with van der Waals surface area (Å²) in [6.45, 7) is 7.10. The Morgan fingerprint density at radius 3 is 2.33 bits per heavy atom. The summed E-state index contributed by atoms with van der Waals surface area (Å²) in [5, 5.41) is 0. The third-order valence-electron chi connectivity index (χ3n) is 2.83. The number of rotatable bonds is 7. The van der Waals surface area contributed by atoms with Crippen LogP contribution in [0, 0.1) is 0 Å². The largest absolute Gasteiger partial charge is 0.303 e. The number of carbonyl (C=O) groups is 1. The van der Waals surface area contributed by atoms with Gasteiger partial charge in [-0.1, -0.05) is 50.3 Å². The van der Waals surface area contributed by atoms with Crippen LogP contribution in [0.3, 0.4) is 0 Å². The molecule has 18 heavy (non-hydrogen) atoms. The number of carbonyl (C=O) groups excluding carboxylic acids is 1. The van der Waals surface area contributed by atoms with Crippen molar-refractivity contribution in [2.45, 2.75) is 20.3 Å². The van der Waals surface area contributed by atoms with Crippen LogP contribution < -0.4 is 0 Å². The first-order chi connectivity index (χ1) is 8.26. The number of allylic oxidation sites excluding steroid dienone is 1. The highest BCUT2D eigenvalue weighted by Gasteiger charge is 2.02. The van der Waals surface area contributed by atoms with Crippen LogP contribution in [-0.4, -0.2) is 30.3 Å². The number of halogens is 1. The van der Waals surface area contributed by atoms with Crippen molar-refractivity contribution in [1.29, 1.82) is 0 Å². The van der Waals surface area contributed by atoms with Crippen molar-refractivity contribution in [3.05, 3.63) is 42.0 Å². The first-order valence-corrected chi connectivity index (χ1v) is 6.24. The van der Waals surface area contributed by atoms with Crippen molar-refractivity contribution in [3.63, 3.8) is 0 Å². The highest BCUT2D eigenvalue weighted by molar-refractivity contribution is 5.93. The Morgan fingerprint density at radius 2 is 1.78 bits per heavy atom. The molecular weight excluding hydrogens is 246 g/mol. The van der Waals surface area contributed by atoms with Gasteiger partial charge in [-0.2, -0.15) is 0 Å². The second-order valence-corrected chi connectivity index (χ2v) is 3.99. The maximum atomic E-state index is 11.6. The molecule has 3 heteroatoms. The molecule has 0 fully saturated rings. The molecule has 0 spiro atoms. The van der Waals surface area contributed by atoms with Crippen LogP contribution in [0.2, 0.25) is 0 Å². The number of benzene rings is 1. The van der Waals surface area contributed by atoms with Crippen molar-refractivity contribution < 1.29 is 4.79 Å². The molecule has 0 atom stereocenters. The zero-order valence-corrected chi connectivity index (χ0v) is 12.0. The van der Waals surface area contributed by atoms with Crippen LogP contribution in [0.5, 0.6) is 0 Å². The molecule has 0 aliphatic heterocycles. The zero-order valence-electron chi connectivity index (χ0n) is 11.1. The summed E-state index contributed by atoms with van der Waals surface area (Å²) in [6, 6.07) is 9.90. The number of hydrogen-bond acceptors (Lipinski definition) is 2. The average Bonchev–Trinajstić information content (AvgIpc) is 2.39. The Hall–Kier alpha value is -1.12. The molecule has 0 amide bonds. The highest BCUT2D eigenvalue weighted by Crippen LogP contribution is 2.02. The molecule has 0 N–H and O–H groups in total. The lowest BCUT2D eigenvalue weighted by molar-refractivity contribution is -0.114. The zero-order chi connectivity index (χ0) is 12.5. The Bertz CT molecular complexity index is 358. The van der Waals surface area contributed by atoms with E-state index in [4.69, 9.17) is 0 Å². The maximum Gasteiger partial charge on any atom is 0.156 e. The molecule has 0 aliphatic rings. The van der Waals surface area contributed by atoms with Crippen LogP contribution in [0.4, 0.5) is 0 Å². The average molecular weight is 268 g/mol. The van der Waals surface area contributed by atoms with Gasteiger partial charge >= 0.3 is 0 Å². The molecule has 0 aliphatic carbocycles. The van der Waals surface area contributed by atoms with Crippen molar-refractivity contribution in [2.75, 3.05) is 19.6 Å². The van der Waals surface area contributed by atoms with E-state index in [0.29, 0.717) is 6.42 Å². The van der Waals surface area contributed by atoms with Gasteiger partial charge in [0, 0.05) is 13.0 Å². The van der Waals surface area contributed by atoms with Gasteiger partial charge in [0.1, 0.15) is 0 Å². The molecule has 0 bridgehead atoms. The molecule has 100 valence electrons. The van der Waals surface area contributed by atoms with Gasteiger partial charge < -0.3 is 4.90 Å². The lowest BCUT2D eigenvalue weighted by atomic mass is 10.1. The van der Waals surface area contributed by atoms with E-state index in [0.717, 1.165) is 25.2 Å². The van der Waals surface area contributed by atoms with E-state index < -0.39 is 0 Å². The van der Waals surface area contributed by atoms with Crippen molar-refractivity contribution >= 4 is 24.3 Å². The van der Waals surface area contributed by atoms with Crippen LogP contribution in [0.15, 0.2) is 36.4 Å². The number of ketones is 1. The second kappa shape index (κ2) is 9.86. The van der Waals surface area contributed by atoms with E-state index >= 15 is 0 Å². The van der Waals surface area contributed by atoms with Gasteiger partial charge in [0.25, 0.3) is 0 Å². The van der Waals surface area contributed by atoms with Gasteiger partial charge in [0.15, 0.2) is 5.78 Å². The number of hydrogen-bond donors (Lipinski definition) is 0. The molecule has 1 aromatic rings. The molecule has 1 aromatic carbocycles. The summed E-state index contributed by atoms with van der Waals surface area (Å²) in [5.41, 5.74) is 1.07.